The van der Waals surface area contributed by atoms with E-state index < -0.39 is 0 Å². The first kappa shape index (κ1) is 8.87. The Kier molecular flexibility index (Phi) is 2.73. The summed E-state index contributed by atoms with van der Waals surface area (Å²) in [5.74, 6) is 0.210. The lowest BCUT2D eigenvalue weighted by atomic mass is 10.1. The number of carbonyl (C=O) groups excluding carboxylic acids is 1. The maximum atomic E-state index is 11.8. The monoisotopic (exact) mass is 196 g/mol. The van der Waals surface area contributed by atoms with E-state index in [2.05, 4.69) is 10.6 Å². The van der Waals surface area contributed by atoms with Gasteiger partial charge in [-0.05, 0) is 11.4 Å². The average molecular weight is 196 g/mol. The highest BCUT2D eigenvalue weighted by Crippen LogP contribution is 2.11. The molecule has 1 aromatic heterocycles. The number of rotatable bonds is 2. The van der Waals surface area contributed by atoms with Crippen LogP contribution < -0.4 is 10.6 Å². The molecule has 1 saturated heterocycles. The van der Waals surface area contributed by atoms with Crippen LogP contribution in [0.1, 0.15) is 9.67 Å². The van der Waals surface area contributed by atoms with E-state index in [-0.39, 0.29) is 11.8 Å². The summed E-state index contributed by atoms with van der Waals surface area (Å²) < 4.78 is 0. The normalized spacial score (nSPS) is 22.9. The molecule has 2 heterocycles. The zero-order valence-electron chi connectivity index (χ0n) is 7.25. The van der Waals surface area contributed by atoms with Gasteiger partial charge in [-0.25, -0.2) is 0 Å². The van der Waals surface area contributed by atoms with Gasteiger partial charge in [-0.2, -0.15) is 0 Å². The van der Waals surface area contributed by atoms with Crippen molar-refractivity contribution in [2.45, 2.75) is 6.04 Å². The second kappa shape index (κ2) is 4.00. The topological polar surface area (TPSA) is 41.1 Å². The average Bonchev–Trinajstić information content (AvgIpc) is 2.71. The van der Waals surface area contributed by atoms with Crippen molar-refractivity contribution in [3.05, 3.63) is 22.4 Å². The summed E-state index contributed by atoms with van der Waals surface area (Å²) in [4.78, 5) is 12.6. The summed E-state index contributed by atoms with van der Waals surface area (Å²) in [6.07, 6.45) is 0. The molecule has 4 heteroatoms. The third-order valence-electron chi connectivity index (χ3n) is 2.12. The number of piperazine rings is 1. The van der Waals surface area contributed by atoms with Crippen molar-refractivity contribution in [1.82, 2.24) is 10.6 Å². The Labute approximate surface area is 81.2 Å². The van der Waals surface area contributed by atoms with E-state index in [4.69, 9.17) is 0 Å². The van der Waals surface area contributed by atoms with Gasteiger partial charge in [-0.15, -0.1) is 11.3 Å². The second-order valence-electron chi connectivity index (χ2n) is 3.05. The van der Waals surface area contributed by atoms with E-state index in [1.54, 1.807) is 0 Å². The van der Waals surface area contributed by atoms with Crippen LogP contribution in [0.2, 0.25) is 0 Å². The molecule has 0 spiro atoms. The summed E-state index contributed by atoms with van der Waals surface area (Å²) in [6.45, 7) is 2.58. The largest absolute Gasteiger partial charge is 0.313 e. The van der Waals surface area contributed by atoms with Gasteiger partial charge in [0.2, 0.25) is 0 Å². The van der Waals surface area contributed by atoms with Crippen LogP contribution >= 0.6 is 11.3 Å². The van der Waals surface area contributed by atoms with Crippen LogP contribution in [0.25, 0.3) is 0 Å². The van der Waals surface area contributed by atoms with E-state index in [0.717, 1.165) is 24.5 Å². The van der Waals surface area contributed by atoms with E-state index in [1.165, 1.54) is 11.3 Å². The van der Waals surface area contributed by atoms with Crippen molar-refractivity contribution >= 4 is 17.1 Å². The molecular weight excluding hydrogens is 184 g/mol. The molecule has 0 amide bonds. The summed E-state index contributed by atoms with van der Waals surface area (Å²) in [5.41, 5.74) is 0. The van der Waals surface area contributed by atoms with Crippen LogP contribution in [0.5, 0.6) is 0 Å². The SMILES string of the molecule is O=C(c1cccs1)C1CNCCN1. The molecule has 3 nitrogen and oxygen atoms in total. The van der Waals surface area contributed by atoms with Crippen molar-refractivity contribution in [2.24, 2.45) is 0 Å². The molecule has 0 aliphatic carbocycles. The molecule has 1 atom stereocenters. The fourth-order valence-corrected chi connectivity index (χ4v) is 2.15. The Morgan fingerprint density at radius 2 is 2.46 bits per heavy atom. The van der Waals surface area contributed by atoms with Crippen LogP contribution in [-0.2, 0) is 0 Å². The molecule has 0 bridgehead atoms. The van der Waals surface area contributed by atoms with Gasteiger partial charge in [0.05, 0.1) is 10.9 Å². The zero-order valence-corrected chi connectivity index (χ0v) is 8.06. The van der Waals surface area contributed by atoms with Crippen molar-refractivity contribution in [3.8, 4) is 0 Å². The number of ketones is 1. The number of hydrogen-bond acceptors (Lipinski definition) is 4. The van der Waals surface area contributed by atoms with E-state index >= 15 is 0 Å². The van der Waals surface area contributed by atoms with Gasteiger partial charge in [0, 0.05) is 19.6 Å². The Hall–Kier alpha value is -0.710. The van der Waals surface area contributed by atoms with Crippen LogP contribution in [0, 0.1) is 0 Å². The molecule has 13 heavy (non-hydrogen) atoms. The van der Waals surface area contributed by atoms with Gasteiger partial charge in [-0.1, -0.05) is 6.07 Å². The van der Waals surface area contributed by atoms with E-state index in [0.29, 0.717) is 0 Å². The highest BCUT2D eigenvalue weighted by atomic mass is 32.1. The van der Waals surface area contributed by atoms with E-state index in [9.17, 15) is 4.79 Å². The minimum absolute atomic E-state index is 0.0348. The Balaban J connectivity index is 2.04. The molecule has 0 radical (unpaired) electrons. The zero-order chi connectivity index (χ0) is 9.10. The van der Waals surface area contributed by atoms with Crippen LogP contribution in [-0.4, -0.2) is 31.5 Å². The highest BCUT2D eigenvalue weighted by molar-refractivity contribution is 7.12. The number of carbonyl (C=O) groups is 1. The molecule has 2 rings (SSSR count). The Morgan fingerprint density at radius 1 is 1.54 bits per heavy atom. The number of Topliss-reactive ketones (excluding diaryl/α,β-unsaturated/α-hetero) is 1. The lowest BCUT2D eigenvalue weighted by molar-refractivity contribution is 0.0938. The lowest BCUT2D eigenvalue weighted by Crippen LogP contribution is -2.52. The first-order chi connectivity index (χ1) is 6.38. The molecule has 1 aliphatic heterocycles. The van der Waals surface area contributed by atoms with Crippen molar-refractivity contribution in [2.75, 3.05) is 19.6 Å². The molecular formula is C9H12N2OS. The van der Waals surface area contributed by atoms with Crippen molar-refractivity contribution < 1.29 is 4.79 Å². The molecule has 1 aliphatic rings. The van der Waals surface area contributed by atoms with Crippen LogP contribution in [0.3, 0.4) is 0 Å². The Morgan fingerprint density at radius 3 is 3.08 bits per heavy atom. The number of nitrogens with one attached hydrogen (secondary N) is 2. The maximum absolute atomic E-state index is 11.8. The van der Waals surface area contributed by atoms with Crippen LogP contribution in [0.15, 0.2) is 17.5 Å². The quantitative estimate of drug-likeness (QED) is 0.676. The van der Waals surface area contributed by atoms with E-state index in [1.807, 2.05) is 17.5 Å². The molecule has 70 valence electrons. The summed E-state index contributed by atoms with van der Waals surface area (Å²) in [5, 5.41) is 8.33. The first-order valence-electron chi connectivity index (χ1n) is 4.40. The molecule has 1 fully saturated rings. The standard InChI is InChI=1S/C9H12N2OS/c12-9(8-2-1-5-13-8)7-6-10-3-4-11-7/h1-2,5,7,10-11H,3-4,6H2. The molecule has 2 N–H and O–H groups in total. The third kappa shape index (κ3) is 1.96. The summed E-state index contributed by atoms with van der Waals surface area (Å²) in [7, 11) is 0. The van der Waals surface area contributed by atoms with Gasteiger partial charge < -0.3 is 10.6 Å². The second-order valence-corrected chi connectivity index (χ2v) is 4.00. The molecule has 1 aromatic rings. The van der Waals surface area contributed by atoms with Crippen molar-refractivity contribution in [3.63, 3.8) is 0 Å². The predicted molar refractivity (Wildman–Crippen MR) is 53.3 cm³/mol. The van der Waals surface area contributed by atoms with Crippen LogP contribution in [0.4, 0.5) is 0 Å². The third-order valence-corrected chi connectivity index (χ3v) is 3.01. The minimum atomic E-state index is -0.0348. The molecule has 1 unspecified atom stereocenters. The lowest BCUT2D eigenvalue weighted by Gasteiger charge is -2.22. The predicted octanol–water partition coefficient (Wildman–Crippen LogP) is 0.492. The fourth-order valence-electron chi connectivity index (χ4n) is 1.43. The van der Waals surface area contributed by atoms with Gasteiger partial charge in [0.15, 0.2) is 5.78 Å². The minimum Gasteiger partial charge on any atom is -0.313 e. The number of hydrogen-bond donors (Lipinski definition) is 2. The van der Waals surface area contributed by atoms with Gasteiger partial charge in [-0.3, -0.25) is 4.79 Å². The number of thiophene rings is 1. The Bertz CT molecular complexity index is 278. The fraction of sp³-hybridized carbons (Fsp3) is 0.444. The smallest absolute Gasteiger partial charge is 0.190 e. The first-order valence-corrected chi connectivity index (χ1v) is 5.28. The highest BCUT2D eigenvalue weighted by Gasteiger charge is 2.21. The van der Waals surface area contributed by atoms with Crippen molar-refractivity contribution in [1.29, 1.82) is 0 Å². The van der Waals surface area contributed by atoms with Gasteiger partial charge in [0.1, 0.15) is 0 Å². The van der Waals surface area contributed by atoms with Gasteiger partial charge in [0.25, 0.3) is 0 Å². The van der Waals surface area contributed by atoms with Gasteiger partial charge >= 0.3 is 0 Å². The summed E-state index contributed by atoms with van der Waals surface area (Å²) in [6, 6.07) is 3.75. The molecule has 0 saturated carbocycles. The molecule has 0 aromatic carbocycles. The summed E-state index contributed by atoms with van der Waals surface area (Å²) >= 11 is 1.51. The maximum Gasteiger partial charge on any atom is 0.190 e.